The molecular formula is C5H5ClN2OS. The SMILES string of the molecule is Cc1nc(Cl)c(C(N)=O)s1. The van der Waals surface area contributed by atoms with E-state index in [9.17, 15) is 4.79 Å². The second-order valence-electron chi connectivity index (χ2n) is 1.72. The van der Waals surface area contributed by atoms with Crippen molar-refractivity contribution in [2.75, 3.05) is 0 Å². The standard InChI is InChI=1S/C5H5ClN2OS/c1-2-8-4(6)3(10-2)5(7)9/h1H3,(H2,7,9). The molecule has 0 aliphatic rings. The predicted molar refractivity (Wildman–Crippen MR) is 40.4 cm³/mol. The summed E-state index contributed by atoms with van der Waals surface area (Å²) < 4.78 is 0. The molecule has 0 unspecified atom stereocenters. The maximum atomic E-state index is 10.5. The van der Waals surface area contributed by atoms with Crippen molar-refractivity contribution in [1.82, 2.24) is 4.98 Å². The highest BCUT2D eigenvalue weighted by atomic mass is 35.5. The van der Waals surface area contributed by atoms with Crippen molar-refractivity contribution >= 4 is 28.8 Å². The first kappa shape index (κ1) is 7.50. The monoisotopic (exact) mass is 176 g/mol. The summed E-state index contributed by atoms with van der Waals surface area (Å²) in [6.45, 7) is 1.77. The van der Waals surface area contributed by atoms with Crippen LogP contribution in [0.25, 0.3) is 0 Å². The third-order valence-electron chi connectivity index (χ3n) is 0.917. The first-order valence-electron chi connectivity index (χ1n) is 2.54. The molecule has 10 heavy (non-hydrogen) atoms. The lowest BCUT2D eigenvalue weighted by atomic mass is 10.5. The van der Waals surface area contributed by atoms with Crippen LogP contribution in [-0.4, -0.2) is 10.9 Å². The number of carbonyl (C=O) groups is 1. The van der Waals surface area contributed by atoms with Gasteiger partial charge in [0.05, 0.1) is 5.01 Å². The van der Waals surface area contributed by atoms with E-state index in [4.69, 9.17) is 17.3 Å². The van der Waals surface area contributed by atoms with Crippen LogP contribution in [0.1, 0.15) is 14.7 Å². The molecule has 0 bridgehead atoms. The molecule has 1 rings (SSSR count). The van der Waals surface area contributed by atoms with Gasteiger partial charge in [0, 0.05) is 0 Å². The lowest BCUT2D eigenvalue weighted by Crippen LogP contribution is -2.09. The van der Waals surface area contributed by atoms with Crippen molar-refractivity contribution in [1.29, 1.82) is 0 Å². The highest BCUT2D eigenvalue weighted by Gasteiger charge is 2.10. The molecular weight excluding hydrogens is 172 g/mol. The Hall–Kier alpha value is -0.610. The van der Waals surface area contributed by atoms with E-state index < -0.39 is 5.91 Å². The smallest absolute Gasteiger partial charge is 0.262 e. The highest BCUT2D eigenvalue weighted by molar-refractivity contribution is 7.14. The number of halogens is 1. The fourth-order valence-electron chi connectivity index (χ4n) is 0.554. The molecule has 3 nitrogen and oxygen atoms in total. The van der Waals surface area contributed by atoms with E-state index >= 15 is 0 Å². The molecule has 0 aliphatic carbocycles. The average Bonchev–Trinajstić information content (AvgIpc) is 2.10. The van der Waals surface area contributed by atoms with Crippen LogP contribution in [0.5, 0.6) is 0 Å². The summed E-state index contributed by atoms with van der Waals surface area (Å²) in [6.07, 6.45) is 0. The molecule has 1 aromatic rings. The second-order valence-corrected chi connectivity index (χ2v) is 3.28. The Morgan fingerprint density at radius 1 is 1.80 bits per heavy atom. The van der Waals surface area contributed by atoms with Gasteiger partial charge in [-0.25, -0.2) is 4.98 Å². The summed E-state index contributed by atoms with van der Waals surface area (Å²) in [6, 6.07) is 0. The number of aryl methyl sites for hydroxylation is 1. The zero-order chi connectivity index (χ0) is 7.72. The van der Waals surface area contributed by atoms with Crippen LogP contribution < -0.4 is 5.73 Å². The molecule has 1 heterocycles. The Balaban J connectivity index is 3.15. The number of thiazole rings is 1. The van der Waals surface area contributed by atoms with Crippen LogP contribution in [0, 0.1) is 6.92 Å². The van der Waals surface area contributed by atoms with Crippen molar-refractivity contribution in [2.24, 2.45) is 5.73 Å². The minimum atomic E-state index is -0.518. The number of nitrogens with two attached hydrogens (primary N) is 1. The van der Waals surface area contributed by atoms with E-state index in [2.05, 4.69) is 4.98 Å². The fourth-order valence-corrected chi connectivity index (χ4v) is 1.60. The van der Waals surface area contributed by atoms with Crippen molar-refractivity contribution < 1.29 is 4.79 Å². The molecule has 0 saturated heterocycles. The Morgan fingerprint density at radius 2 is 2.40 bits per heavy atom. The van der Waals surface area contributed by atoms with Gasteiger partial charge in [-0.3, -0.25) is 4.79 Å². The quantitative estimate of drug-likeness (QED) is 0.699. The first-order chi connectivity index (χ1) is 4.61. The number of hydrogen-bond acceptors (Lipinski definition) is 3. The van der Waals surface area contributed by atoms with Crippen LogP contribution in [0.4, 0.5) is 0 Å². The van der Waals surface area contributed by atoms with Crippen LogP contribution >= 0.6 is 22.9 Å². The second kappa shape index (κ2) is 2.56. The Bertz CT molecular complexity index is 271. The lowest BCUT2D eigenvalue weighted by Gasteiger charge is -1.83. The summed E-state index contributed by atoms with van der Waals surface area (Å²) >= 11 is 6.74. The number of aromatic nitrogens is 1. The molecule has 0 spiro atoms. The first-order valence-corrected chi connectivity index (χ1v) is 3.73. The van der Waals surface area contributed by atoms with Gasteiger partial charge in [-0.15, -0.1) is 11.3 Å². The third-order valence-corrected chi connectivity index (χ3v) is 2.29. The normalized spacial score (nSPS) is 9.80. The number of hydrogen-bond donors (Lipinski definition) is 1. The number of rotatable bonds is 1. The largest absolute Gasteiger partial charge is 0.365 e. The van der Waals surface area contributed by atoms with E-state index in [-0.39, 0.29) is 5.15 Å². The summed E-state index contributed by atoms with van der Waals surface area (Å²) in [7, 11) is 0. The molecule has 5 heteroatoms. The van der Waals surface area contributed by atoms with Gasteiger partial charge in [0.1, 0.15) is 4.88 Å². The van der Waals surface area contributed by atoms with E-state index in [1.165, 1.54) is 11.3 Å². The molecule has 2 N–H and O–H groups in total. The molecule has 0 saturated carbocycles. The molecule has 0 radical (unpaired) electrons. The van der Waals surface area contributed by atoms with Gasteiger partial charge in [-0.2, -0.15) is 0 Å². The maximum Gasteiger partial charge on any atom is 0.262 e. The topological polar surface area (TPSA) is 56.0 Å². The molecule has 0 fully saturated rings. The zero-order valence-corrected chi connectivity index (χ0v) is 6.79. The summed E-state index contributed by atoms with van der Waals surface area (Å²) in [4.78, 5) is 14.7. The van der Waals surface area contributed by atoms with Crippen LogP contribution in [0.2, 0.25) is 5.15 Å². The lowest BCUT2D eigenvalue weighted by molar-refractivity contribution is 0.100. The van der Waals surface area contributed by atoms with E-state index in [1.54, 1.807) is 6.92 Å². The van der Waals surface area contributed by atoms with Crippen LogP contribution in [0.15, 0.2) is 0 Å². The highest BCUT2D eigenvalue weighted by Crippen LogP contribution is 2.21. The number of carbonyl (C=O) groups excluding carboxylic acids is 1. The Morgan fingerprint density at radius 3 is 2.60 bits per heavy atom. The Kier molecular flexibility index (Phi) is 1.92. The summed E-state index contributed by atoms with van der Waals surface area (Å²) in [5.74, 6) is -0.518. The van der Waals surface area contributed by atoms with Gasteiger partial charge >= 0.3 is 0 Å². The molecule has 1 amide bonds. The van der Waals surface area contributed by atoms with Crippen molar-refractivity contribution in [2.45, 2.75) is 6.92 Å². The maximum absolute atomic E-state index is 10.5. The van der Waals surface area contributed by atoms with E-state index in [0.717, 1.165) is 5.01 Å². The zero-order valence-electron chi connectivity index (χ0n) is 5.22. The summed E-state index contributed by atoms with van der Waals surface area (Å²) in [5.41, 5.74) is 4.97. The van der Waals surface area contributed by atoms with Crippen molar-refractivity contribution in [3.8, 4) is 0 Å². The van der Waals surface area contributed by atoms with Gasteiger partial charge in [0.25, 0.3) is 5.91 Å². The van der Waals surface area contributed by atoms with E-state index in [0.29, 0.717) is 4.88 Å². The van der Waals surface area contributed by atoms with Crippen molar-refractivity contribution in [3.05, 3.63) is 15.0 Å². The van der Waals surface area contributed by atoms with Gasteiger partial charge in [-0.05, 0) is 6.92 Å². The van der Waals surface area contributed by atoms with Gasteiger partial charge in [0.15, 0.2) is 5.15 Å². The number of nitrogens with zero attached hydrogens (tertiary/aromatic N) is 1. The predicted octanol–water partition coefficient (Wildman–Crippen LogP) is 1.20. The number of primary amides is 1. The summed E-state index contributed by atoms with van der Waals surface area (Å²) in [5, 5.41) is 0.953. The molecule has 0 aliphatic heterocycles. The van der Waals surface area contributed by atoms with Crippen molar-refractivity contribution in [3.63, 3.8) is 0 Å². The molecule has 0 atom stereocenters. The molecule has 0 aromatic carbocycles. The minimum absolute atomic E-state index is 0.204. The van der Waals surface area contributed by atoms with Gasteiger partial charge in [-0.1, -0.05) is 11.6 Å². The van der Waals surface area contributed by atoms with Crippen LogP contribution in [-0.2, 0) is 0 Å². The molecule has 1 aromatic heterocycles. The van der Waals surface area contributed by atoms with Gasteiger partial charge in [0.2, 0.25) is 0 Å². The third kappa shape index (κ3) is 1.27. The van der Waals surface area contributed by atoms with Gasteiger partial charge < -0.3 is 5.73 Å². The Labute approximate surface area is 66.8 Å². The van der Waals surface area contributed by atoms with E-state index in [1.807, 2.05) is 0 Å². The fraction of sp³-hybridized carbons (Fsp3) is 0.200. The molecule has 54 valence electrons. The number of amides is 1. The average molecular weight is 177 g/mol. The van der Waals surface area contributed by atoms with Crippen LogP contribution in [0.3, 0.4) is 0 Å². The minimum Gasteiger partial charge on any atom is -0.365 e.